The van der Waals surface area contributed by atoms with Crippen LogP contribution in [0.3, 0.4) is 0 Å². The van der Waals surface area contributed by atoms with Crippen molar-refractivity contribution in [1.29, 1.82) is 0 Å². The maximum Gasteiger partial charge on any atom is 0.237 e. The van der Waals surface area contributed by atoms with E-state index in [1.807, 2.05) is 0 Å². The van der Waals surface area contributed by atoms with Crippen molar-refractivity contribution in [2.75, 3.05) is 27.3 Å². The molecule has 0 aromatic carbocycles. The fourth-order valence-electron chi connectivity index (χ4n) is 2.10. The van der Waals surface area contributed by atoms with Crippen molar-refractivity contribution >= 4 is 5.91 Å². The Bertz CT molecular complexity index is 248. The topological polar surface area (TPSA) is 67.6 Å². The molecule has 0 bridgehead atoms. The molecule has 1 amide bonds. The third-order valence-corrected chi connectivity index (χ3v) is 3.52. The lowest BCUT2D eigenvalue weighted by molar-refractivity contribution is -0.123. The van der Waals surface area contributed by atoms with E-state index >= 15 is 0 Å². The number of rotatable bonds is 5. The summed E-state index contributed by atoms with van der Waals surface area (Å²) < 4.78 is 4.92. The van der Waals surface area contributed by atoms with Crippen LogP contribution in [-0.4, -0.2) is 56.2 Å². The number of piperidine rings is 1. The van der Waals surface area contributed by atoms with Crippen molar-refractivity contribution in [1.82, 2.24) is 10.2 Å². The third kappa shape index (κ3) is 4.61. The Labute approximate surface area is 104 Å². The van der Waals surface area contributed by atoms with Crippen LogP contribution in [0.1, 0.15) is 26.2 Å². The Hall–Kier alpha value is -0.650. The van der Waals surface area contributed by atoms with Gasteiger partial charge in [-0.3, -0.25) is 4.79 Å². The fraction of sp³-hybridized carbons (Fsp3) is 0.917. The lowest BCUT2D eigenvalue weighted by Crippen LogP contribution is -2.51. The molecular weight excluding hydrogens is 218 g/mol. The van der Waals surface area contributed by atoms with E-state index in [-0.39, 0.29) is 11.9 Å². The Kier molecular flexibility index (Phi) is 5.88. The zero-order valence-electron chi connectivity index (χ0n) is 11.1. The summed E-state index contributed by atoms with van der Waals surface area (Å²) in [5.41, 5.74) is 5.78. The van der Waals surface area contributed by atoms with Crippen LogP contribution in [0.5, 0.6) is 0 Å². The van der Waals surface area contributed by atoms with Crippen LogP contribution in [0.25, 0.3) is 0 Å². The predicted molar refractivity (Wildman–Crippen MR) is 67.7 cm³/mol. The van der Waals surface area contributed by atoms with E-state index in [0.717, 1.165) is 19.4 Å². The molecule has 0 radical (unpaired) electrons. The SMILES string of the molecule is COCCC(N)C(=O)NC1CCN(C)C(C)C1. The summed E-state index contributed by atoms with van der Waals surface area (Å²) in [4.78, 5) is 14.1. The molecule has 3 unspecified atom stereocenters. The van der Waals surface area contributed by atoms with E-state index in [0.29, 0.717) is 19.1 Å². The molecule has 5 heteroatoms. The Morgan fingerprint density at radius 3 is 2.94 bits per heavy atom. The Morgan fingerprint density at radius 1 is 1.65 bits per heavy atom. The smallest absolute Gasteiger partial charge is 0.237 e. The molecule has 0 aliphatic carbocycles. The molecular formula is C12H25N3O2. The first kappa shape index (κ1) is 14.4. The average Bonchev–Trinajstić information content (AvgIpc) is 2.30. The van der Waals surface area contributed by atoms with Crippen molar-refractivity contribution in [3.05, 3.63) is 0 Å². The van der Waals surface area contributed by atoms with Gasteiger partial charge in [-0.25, -0.2) is 0 Å². The largest absolute Gasteiger partial charge is 0.385 e. The van der Waals surface area contributed by atoms with Crippen molar-refractivity contribution in [2.45, 2.75) is 44.3 Å². The number of carbonyl (C=O) groups is 1. The van der Waals surface area contributed by atoms with Gasteiger partial charge in [-0.2, -0.15) is 0 Å². The highest BCUT2D eigenvalue weighted by Gasteiger charge is 2.25. The maximum absolute atomic E-state index is 11.8. The van der Waals surface area contributed by atoms with E-state index in [1.165, 1.54) is 0 Å². The molecule has 1 heterocycles. The zero-order valence-corrected chi connectivity index (χ0v) is 11.1. The van der Waals surface area contributed by atoms with Crippen LogP contribution in [0, 0.1) is 0 Å². The van der Waals surface area contributed by atoms with Gasteiger partial charge in [0, 0.05) is 32.3 Å². The van der Waals surface area contributed by atoms with Gasteiger partial charge in [0.1, 0.15) is 0 Å². The summed E-state index contributed by atoms with van der Waals surface area (Å²) in [6.45, 7) is 3.74. The number of nitrogens with one attached hydrogen (secondary N) is 1. The van der Waals surface area contributed by atoms with Crippen molar-refractivity contribution in [2.24, 2.45) is 5.73 Å². The summed E-state index contributed by atoms with van der Waals surface area (Å²) >= 11 is 0. The fourth-order valence-corrected chi connectivity index (χ4v) is 2.10. The van der Waals surface area contributed by atoms with Crippen LogP contribution in [0.2, 0.25) is 0 Å². The van der Waals surface area contributed by atoms with Gasteiger partial charge < -0.3 is 20.7 Å². The van der Waals surface area contributed by atoms with Gasteiger partial charge in [-0.1, -0.05) is 0 Å². The number of likely N-dealkylation sites (tertiary alicyclic amines) is 1. The molecule has 1 aliphatic heterocycles. The van der Waals surface area contributed by atoms with E-state index in [4.69, 9.17) is 10.5 Å². The second-order valence-electron chi connectivity index (χ2n) is 4.95. The van der Waals surface area contributed by atoms with Crippen LogP contribution < -0.4 is 11.1 Å². The van der Waals surface area contributed by atoms with Gasteiger partial charge in [-0.15, -0.1) is 0 Å². The number of nitrogens with zero attached hydrogens (tertiary/aromatic N) is 1. The minimum absolute atomic E-state index is 0.0520. The van der Waals surface area contributed by atoms with Gasteiger partial charge in [0.05, 0.1) is 6.04 Å². The van der Waals surface area contributed by atoms with E-state index in [1.54, 1.807) is 7.11 Å². The quantitative estimate of drug-likeness (QED) is 0.710. The summed E-state index contributed by atoms with van der Waals surface area (Å²) in [7, 11) is 3.73. The number of nitrogens with two attached hydrogens (primary N) is 1. The third-order valence-electron chi connectivity index (χ3n) is 3.52. The van der Waals surface area contributed by atoms with Gasteiger partial charge in [0.15, 0.2) is 0 Å². The maximum atomic E-state index is 11.8. The van der Waals surface area contributed by atoms with Crippen LogP contribution in [0.15, 0.2) is 0 Å². The number of hydrogen-bond donors (Lipinski definition) is 2. The Morgan fingerprint density at radius 2 is 2.35 bits per heavy atom. The summed E-state index contributed by atoms with van der Waals surface area (Å²) in [6.07, 6.45) is 2.58. The van der Waals surface area contributed by atoms with Crippen LogP contribution in [-0.2, 0) is 9.53 Å². The molecule has 3 atom stereocenters. The zero-order chi connectivity index (χ0) is 12.8. The molecule has 0 spiro atoms. The van der Waals surface area contributed by atoms with Gasteiger partial charge >= 0.3 is 0 Å². The molecule has 1 fully saturated rings. The molecule has 100 valence electrons. The first-order valence-corrected chi connectivity index (χ1v) is 6.29. The van der Waals surface area contributed by atoms with Crippen LogP contribution >= 0.6 is 0 Å². The number of carbonyl (C=O) groups excluding carboxylic acids is 1. The normalized spacial score (nSPS) is 27.8. The standard InChI is InChI=1S/C12H25N3O2/c1-9-8-10(4-6-15(9)2)14-12(16)11(13)5-7-17-3/h9-11H,4-8,13H2,1-3H3,(H,14,16). The lowest BCUT2D eigenvalue weighted by atomic mass is 9.98. The first-order valence-electron chi connectivity index (χ1n) is 6.29. The van der Waals surface area contributed by atoms with Crippen LogP contribution in [0.4, 0.5) is 0 Å². The van der Waals surface area contributed by atoms with E-state index in [2.05, 4.69) is 24.2 Å². The summed E-state index contributed by atoms with van der Waals surface area (Å²) in [6, 6.07) is 0.330. The molecule has 1 rings (SSSR count). The molecule has 0 saturated carbocycles. The monoisotopic (exact) mass is 243 g/mol. The van der Waals surface area contributed by atoms with Gasteiger partial charge in [0.25, 0.3) is 0 Å². The van der Waals surface area contributed by atoms with E-state index in [9.17, 15) is 4.79 Å². The number of ether oxygens (including phenoxy) is 1. The van der Waals surface area contributed by atoms with Gasteiger partial charge in [0.2, 0.25) is 5.91 Å². The number of hydrogen-bond acceptors (Lipinski definition) is 4. The minimum Gasteiger partial charge on any atom is -0.385 e. The number of methoxy groups -OCH3 is 1. The molecule has 0 aromatic rings. The molecule has 17 heavy (non-hydrogen) atoms. The molecule has 1 aliphatic rings. The molecule has 5 nitrogen and oxygen atoms in total. The van der Waals surface area contributed by atoms with Crippen molar-refractivity contribution < 1.29 is 9.53 Å². The number of amides is 1. The predicted octanol–water partition coefficient (Wildman–Crippen LogP) is -0.0509. The molecule has 1 saturated heterocycles. The summed E-state index contributed by atoms with van der Waals surface area (Å²) in [5, 5.41) is 3.03. The molecule has 0 aromatic heterocycles. The summed E-state index contributed by atoms with van der Waals surface area (Å²) in [5.74, 6) is -0.0520. The second-order valence-corrected chi connectivity index (χ2v) is 4.95. The highest BCUT2D eigenvalue weighted by Crippen LogP contribution is 2.15. The van der Waals surface area contributed by atoms with E-state index < -0.39 is 6.04 Å². The first-order chi connectivity index (χ1) is 8.04. The minimum atomic E-state index is -0.454. The van der Waals surface area contributed by atoms with Gasteiger partial charge in [-0.05, 0) is 33.2 Å². The average molecular weight is 243 g/mol. The lowest BCUT2D eigenvalue weighted by Gasteiger charge is -2.35. The highest BCUT2D eigenvalue weighted by molar-refractivity contribution is 5.81. The second kappa shape index (κ2) is 6.93. The molecule has 3 N–H and O–H groups in total. The highest BCUT2D eigenvalue weighted by atomic mass is 16.5. The Balaban J connectivity index is 2.31. The van der Waals surface area contributed by atoms with Crippen molar-refractivity contribution in [3.8, 4) is 0 Å². The van der Waals surface area contributed by atoms with Crippen molar-refractivity contribution in [3.63, 3.8) is 0 Å².